The van der Waals surface area contributed by atoms with Crippen LogP contribution in [-0.2, 0) is 4.79 Å². The molecule has 1 rings (SSSR count). The first kappa shape index (κ1) is 12.2. The number of carbonyl (C=O) groups excluding carboxylic acids is 1. The average Bonchev–Trinajstić information content (AvgIpc) is 2.16. The molecule has 0 amide bonds. The molecule has 1 aliphatic rings. The largest absolute Gasteiger partial charge is 0.300 e. The number of carbonyl (C=O) groups is 1. The van der Waals surface area contributed by atoms with Gasteiger partial charge in [0.1, 0.15) is 5.78 Å². The smallest absolute Gasteiger partial charge is 0.133 e. The number of ketones is 1. The third kappa shape index (κ3) is 3.65. The second kappa shape index (κ2) is 5.29. The van der Waals surface area contributed by atoms with Gasteiger partial charge >= 0.3 is 0 Å². The molecule has 84 valence electrons. The summed E-state index contributed by atoms with van der Waals surface area (Å²) in [5.74, 6) is 1.20. The van der Waals surface area contributed by atoms with Gasteiger partial charge in [-0.25, -0.2) is 0 Å². The molecular weight excluding hydrogens is 184 g/mol. The Kier molecular flexibility index (Phi) is 4.31. The summed E-state index contributed by atoms with van der Waals surface area (Å²) >= 11 is 0. The van der Waals surface area contributed by atoms with Gasteiger partial charge in [0.2, 0.25) is 0 Å². The van der Waals surface area contributed by atoms with Gasteiger partial charge < -0.3 is 0 Å². The van der Waals surface area contributed by atoms with Gasteiger partial charge in [-0.05, 0) is 52.9 Å². The zero-order chi connectivity index (χ0) is 11.4. The lowest BCUT2D eigenvalue weighted by Crippen LogP contribution is -2.20. The van der Waals surface area contributed by atoms with E-state index in [1.807, 2.05) is 0 Å². The van der Waals surface area contributed by atoms with Crippen LogP contribution in [0.2, 0.25) is 0 Å². The summed E-state index contributed by atoms with van der Waals surface area (Å²) in [6.45, 7) is 8.17. The maximum Gasteiger partial charge on any atom is 0.133 e. The summed E-state index contributed by atoms with van der Waals surface area (Å²) in [5, 5.41) is 0. The molecule has 0 radical (unpaired) electrons. The molecule has 0 heterocycles. The molecular formula is C14H22O. The van der Waals surface area contributed by atoms with Gasteiger partial charge in [-0.2, -0.15) is 0 Å². The molecule has 1 nitrogen and oxygen atoms in total. The monoisotopic (exact) mass is 206 g/mol. The lowest BCUT2D eigenvalue weighted by Gasteiger charge is -2.26. The third-order valence-electron chi connectivity index (χ3n) is 3.32. The van der Waals surface area contributed by atoms with Crippen molar-refractivity contribution >= 4 is 5.78 Å². The van der Waals surface area contributed by atoms with Crippen molar-refractivity contribution in [3.05, 3.63) is 23.3 Å². The highest BCUT2D eigenvalue weighted by Crippen LogP contribution is 2.32. The predicted octanol–water partition coefficient (Wildman–Crippen LogP) is 3.90. The van der Waals surface area contributed by atoms with Gasteiger partial charge in [0.25, 0.3) is 0 Å². The van der Waals surface area contributed by atoms with E-state index in [-0.39, 0.29) is 5.92 Å². The Morgan fingerprint density at radius 2 is 2.13 bits per heavy atom. The summed E-state index contributed by atoms with van der Waals surface area (Å²) in [4.78, 5) is 11.3. The molecule has 0 saturated carbocycles. The third-order valence-corrected chi connectivity index (χ3v) is 3.32. The van der Waals surface area contributed by atoms with E-state index in [9.17, 15) is 4.79 Å². The first-order valence-corrected chi connectivity index (χ1v) is 5.81. The van der Waals surface area contributed by atoms with Gasteiger partial charge in [-0.1, -0.05) is 23.3 Å². The minimum atomic E-state index is 0.268. The van der Waals surface area contributed by atoms with Crippen LogP contribution in [-0.4, -0.2) is 5.78 Å². The van der Waals surface area contributed by atoms with E-state index in [0.717, 1.165) is 19.3 Å². The maximum absolute atomic E-state index is 11.3. The lowest BCUT2D eigenvalue weighted by molar-refractivity contribution is -0.121. The fraction of sp³-hybridized carbons (Fsp3) is 0.643. The molecule has 0 N–H and O–H groups in total. The molecule has 15 heavy (non-hydrogen) atoms. The van der Waals surface area contributed by atoms with Crippen LogP contribution < -0.4 is 0 Å². The lowest BCUT2D eigenvalue weighted by atomic mass is 9.78. The van der Waals surface area contributed by atoms with E-state index in [4.69, 9.17) is 0 Å². The molecule has 0 spiro atoms. The summed E-state index contributed by atoms with van der Waals surface area (Å²) in [5.41, 5.74) is 2.83. The highest BCUT2D eigenvalue weighted by molar-refractivity contribution is 5.78. The van der Waals surface area contributed by atoms with Crippen molar-refractivity contribution < 1.29 is 4.79 Å². The van der Waals surface area contributed by atoms with Crippen molar-refractivity contribution in [1.29, 1.82) is 0 Å². The maximum atomic E-state index is 11.3. The summed E-state index contributed by atoms with van der Waals surface area (Å²) in [6, 6.07) is 0. The van der Waals surface area contributed by atoms with Crippen molar-refractivity contribution in [2.75, 3.05) is 0 Å². The first-order valence-electron chi connectivity index (χ1n) is 5.81. The zero-order valence-corrected chi connectivity index (χ0v) is 10.3. The Balaban J connectivity index is 2.64. The van der Waals surface area contributed by atoms with E-state index in [1.54, 1.807) is 6.92 Å². The fourth-order valence-corrected chi connectivity index (χ4v) is 2.11. The van der Waals surface area contributed by atoms with Gasteiger partial charge in [0.15, 0.2) is 0 Å². The number of rotatable bonds is 3. The minimum absolute atomic E-state index is 0.268. The average molecular weight is 206 g/mol. The second-order valence-electron chi connectivity index (χ2n) is 4.94. The van der Waals surface area contributed by atoms with Crippen molar-refractivity contribution in [3.8, 4) is 0 Å². The molecule has 0 aromatic heterocycles. The molecule has 0 aromatic carbocycles. The van der Waals surface area contributed by atoms with Crippen molar-refractivity contribution in [2.24, 2.45) is 11.8 Å². The van der Waals surface area contributed by atoms with Crippen LogP contribution in [0.5, 0.6) is 0 Å². The van der Waals surface area contributed by atoms with Crippen molar-refractivity contribution in [1.82, 2.24) is 0 Å². The Hall–Kier alpha value is -0.850. The Morgan fingerprint density at radius 3 is 2.67 bits per heavy atom. The molecule has 0 aliphatic heterocycles. The van der Waals surface area contributed by atoms with Crippen LogP contribution >= 0.6 is 0 Å². The van der Waals surface area contributed by atoms with Gasteiger partial charge in [-0.15, -0.1) is 0 Å². The predicted molar refractivity (Wildman–Crippen MR) is 64.7 cm³/mol. The Labute approximate surface area is 93.3 Å². The number of Topliss-reactive ketones (excluding diaryl/α,β-unsaturated/α-hetero) is 1. The molecule has 0 saturated heterocycles. The Bertz CT molecular complexity index is 292. The number of hydrogen-bond acceptors (Lipinski definition) is 1. The molecule has 0 bridgehead atoms. The van der Waals surface area contributed by atoms with Crippen LogP contribution in [0.3, 0.4) is 0 Å². The van der Waals surface area contributed by atoms with Crippen LogP contribution in [0.25, 0.3) is 0 Å². The summed E-state index contributed by atoms with van der Waals surface area (Å²) in [6.07, 6.45) is 7.62. The highest BCUT2D eigenvalue weighted by Gasteiger charge is 2.23. The zero-order valence-electron chi connectivity index (χ0n) is 10.3. The second-order valence-corrected chi connectivity index (χ2v) is 4.94. The minimum Gasteiger partial charge on any atom is -0.300 e. The Morgan fingerprint density at radius 1 is 1.47 bits per heavy atom. The van der Waals surface area contributed by atoms with Crippen molar-refractivity contribution in [2.45, 2.75) is 47.0 Å². The summed E-state index contributed by atoms with van der Waals surface area (Å²) < 4.78 is 0. The van der Waals surface area contributed by atoms with E-state index < -0.39 is 0 Å². The first-order chi connectivity index (χ1) is 7.00. The van der Waals surface area contributed by atoms with Crippen LogP contribution in [0.1, 0.15) is 47.0 Å². The van der Waals surface area contributed by atoms with Gasteiger partial charge in [0, 0.05) is 5.92 Å². The van der Waals surface area contributed by atoms with Crippen LogP contribution in [0, 0.1) is 11.8 Å². The summed E-state index contributed by atoms with van der Waals surface area (Å²) in [7, 11) is 0. The molecule has 1 heteroatoms. The highest BCUT2D eigenvalue weighted by atomic mass is 16.1. The van der Waals surface area contributed by atoms with E-state index in [2.05, 4.69) is 32.9 Å². The van der Waals surface area contributed by atoms with E-state index in [0.29, 0.717) is 11.7 Å². The normalized spacial score (nSPS) is 25.7. The fourth-order valence-electron chi connectivity index (χ4n) is 2.11. The topological polar surface area (TPSA) is 17.1 Å². The standard InChI is InChI=1S/C14H22O/c1-10(2)5-7-13-9-14(12(4)15)8-6-11(13)3/h5-6,13-14H,7-9H2,1-4H3. The molecule has 0 fully saturated rings. The number of hydrogen-bond donors (Lipinski definition) is 0. The molecule has 1 aliphatic carbocycles. The molecule has 0 aromatic rings. The van der Waals surface area contributed by atoms with Gasteiger partial charge in [0.05, 0.1) is 0 Å². The SMILES string of the molecule is CC(=O)C1CC=C(C)C(CC=C(C)C)C1. The molecule has 2 unspecified atom stereocenters. The van der Waals surface area contributed by atoms with E-state index >= 15 is 0 Å². The quantitative estimate of drug-likeness (QED) is 0.640. The van der Waals surface area contributed by atoms with Crippen molar-refractivity contribution in [3.63, 3.8) is 0 Å². The van der Waals surface area contributed by atoms with Crippen LogP contribution in [0.4, 0.5) is 0 Å². The van der Waals surface area contributed by atoms with Crippen LogP contribution in [0.15, 0.2) is 23.3 Å². The van der Waals surface area contributed by atoms with Gasteiger partial charge in [-0.3, -0.25) is 4.79 Å². The molecule has 2 atom stereocenters. The number of allylic oxidation sites excluding steroid dienone is 4. The van der Waals surface area contributed by atoms with E-state index in [1.165, 1.54) is 11.1 Å².